The van der Waals surface area contributed by atoms with Crippen LogP contribution in [0, 0.1) is 5.82 Å². The van der Waals surface area contributed by atoms with Crippen LogP contribution in [0.4, 0.5) is 15.9 Å². The number of para-hydroxylation sites is 1. The third-order valence-corrected chi connectivity index (χ3v) is 5.18. The number of hydrogen-bond acceptors (Lipinski definition) is 5. The molecule has 0 atom stereocenters. The number of pyridine rings is 1. The zero-order valence-corrected chi connectivity index (χ0v) is 15.6. The molecule has 6 nitrogen and oxygen atoms in total. The fourth-order valence-electron chi connectivity index (χ4n) is 2.63. The number of benzene rings is 1. The first kappa shape index (κ1) is 17.4. The zero-order valence-electron chi connectivity index (χ0n) is 14.0. The molecule has 27 heavy (non-hydrogen) atoms. The van der Waals surface area contributed by atoms with Crippen molar-refractivity contribution in [2.45, 2.75) is 0 Å². The van der Waals surface area contributed by atoms with E-state index in [9.17, 15) is 9.18 Å². The minimum absolute atomic E-state index is 0.144. The Morgan fingerprint density at radius 1 is 1.30 bits per heavy atom. The minimum Gasteiger partial charge on any atom is -0.354 e. The topological polar surface area (TPSA) is 71.8 Å². The molecule has 0 bridgehead atoms. The number of aromatic nitrogens is 3. The fraction of sp³-hybridized carbons (Fsp3) is 0.0556. The highest BCUT2D eigenvalue weighted by Gasteiger charge is 2.13. The molecule has 3 aromatic heterocycles. The highest BCUT2D eigenvalue weighted by atomic mass is 35.5. The third kappa shape index (κ3) is 3.24. The highest BCUT2D eigenvalue weighted by molar-refractivity contribution is 7.12. The smallest absolute Gasteiger partial charge is 0.261 e. The standard InChI is InChI=1S/C18H13ClFN5OS/c1-21-18(26)15-6-11(9-27-15)25-14-8-22-16(5-10(14)7-23-25)24-17-12(19)3-2-4-13(17)20/h2-9H,1H3,(H,21,26)(H,22,24)/i20-1. The largest absolute Gasteiger partial charge is 0.354 e. The van der Waals surface area contributed by atoms with E-state index in [0.29, 0.717) is 10.7 Å². The van der Waals surface area contributed by atoms with Gasteiger partial charge in [-0.1, -0.05) is 17.7 Å². The Balaban J connectivity index is 1.68. The van der Waals surface area contributed by atoms with E-state index < -0.39 is 5.82 Å². The second-order valence-corrected chi connectivity index (χ2v) is 6.97. The summed E-state index contributed by atoms with van der Waals surface area (Å²) >= 11 is 7.38. The number of amides is 1. The Hall–Kier alpha value is -2.97. The summed E-state index contributed by atoms with van der Waals surface area (Å²) in [4.78, 5) is 16.7. The van der Waals surface area contributed by atoms with Gasteiger partial charge in [0.05, 0.1) is 39.2 Å². The fourth-order valence-corrected chi connectivity index (χ4v) is 3.65. The third-order valence-electron chi connectivity index (χ3n) is 3.95. The van der Waals surface area contributed by atoms with Crippen LogP contribution < -0.4 is 10.6 Å². The van der Waals surface area contributed by atoms with E-state index in [1.807, 2.05) is 5.38 Å². The second kappa shape index (κ2) is 6.98. The van der Waals surface area contributed by atoms with Crippen LogP contribution in [-0.2, 0) is 0 Å². The van der Waals surface area contributed by atoms with Gasteiger partial charge in [-0.2, -0.15) is 5.10 Å². The summed E-state index contributed by atoms with van der Waals surface area (Å²) in [7, 11) is 1.59. The molecular formula is C18H13ClFN5OS. The molecule has 0 fully saturated rings. The van der Waals surface area contributed by atoms with E-state index >= 15 is 0 Å². The summed E-state index contributed by atoms with van der Waals surface area (Å²) in [5, 5.41) is 12.8. The SMILES string of the molecule is CNC(=O)c1cc(-n2ncc3cc(Nc4c([18F])cccc4Cl)ncc32)cs1. The van der Waals surface area contributed by atoms with Gasteiger partial charge in [0, 0.05) is 17.8 Å². The van der Waals surface area contributed by atoms with E-state index in [1.165, 1.54) is 23.5 Å². The van der Waals surface area contributed by atoms with E-state index in [-0.39, 0.29) is 16.6 Å². The Labute approximate surface area is 162 Å². The molecule has 0 unspecified atom stereocenters. The van der Waals surface area contributed by atoms with Crippen molar-refractivity contribution in [1.82, 2.24) is 20.1 Å². The number of thiophene rings is 1. The van der Waals surface area contributed by atoms with Crippen molar-refractivity contribution in [2.75, 3.05) is 12.4 Å². The molecule has 1 aromatic carbocycles. The number of hydrogen-bond donors (Lipinski definition) is 2. The van der Waals surface area contributed by atoms with Crippen LogP contribution in [0.5, 0.6) is 0 Å². The molecule has 0 aliphatic heterocycles. The van der Waals surface area contributed by atoms with Gasteiger partial charge >= 0.3 is 0 Å². The Bertz CT molecular complexity index is 1140. The van der Waals surface area contributed by atoms with Crippen molar-refractivity contribution in [3.8, 4) is 5.69 Å². The van der Waals surface area contributed by atoms with Crippen LogP contribution in [0.15, 0.2) is 48.1 Å². The van der Waals surface area contributed by atoms with Crippen LogP contribution in [0.25, 0.3) is 16.6 Å². The Kier molecular flexibility index (Phi) is 4.51. The van der Waals surface area contributed by atoms with Gasteiger partial charge in [0.1, 0.15) is 11.6 Å². The van der Waals surface area contributed by atoms with Crippen molar-refractivity contribution in [2.24, 2.45) is 0 Å². The number of fused-ring (bicyclic) bond motifs is 1. The number of rotatable bonds is 4. The monoisotopic (exact) mass is 400 g/mol. The van der Waals surface area contributed by atoms with Gasteiger partial charge in [0.25, 0.3) is 5.91 Å². The number of halogens is 2. The molecule has 2 N–H and O–H groups in total. The molecule has 4 rings (SSSR count). The van der Waals surface area contributed by atoms with Gasteiger partial charge in [-0.3, -0.25) is 4.79 Å². The van der Waals surface area contributed by atoms with Crippen molar-refractivity contribution in [1.29, 1.82) is 0 Å². The second-order valence-electron chi connectivity index (χ2n) is 5.65. The maximum absolute atomic E-state index is 13.9. The number of nitrogens with one attached hydrogen (secondary N) is 2. The van der Waals surface area contributed by atoms with Crippen molar-refractivity contribution >= 4 is 51.3 Å². The van der Waals surface area contributed by atoms with Crippen LogP contribution in [0.3, 0.4) is 0 Å². The number of carbonyl (C=O) groups excluding carboxylic acids is 1. The average Bonchev–Trinajstić information content (AvgIpc) is 3.30. The molecule has 0 aliphatic rings. The van der Waals surface area contributed by atoms with Crippen molar-refractivity contribution in [3.05, 3.63) is 63.8 Å². The number of carbonyl (C=O) groups is 1. The van der Waals surface area contributed by atoms with Gasteiger partial charge in [-0.05, 0) is 24.3 Å². The van der Waals surface area contributed by atoms with Gasteiger partial charge in [-0.15, -0.1) is 11.3 Å². The predicted molar refractivity (Wildman–Crippen MR) is 105 cm³/mol. The summed E-state index contributed by atoms with van der Waals surface area (Å²) in [6.07, 6.45) is 3.32. The quantitative estimate of drug-likeness (QED) is 0.533. The minimum atomic E-state index is -0.458. The van der Waals surface area contributed by atoms with E-state index in [1.54, 1.807) is 42.3 Å². The van der Waals surface area contributed by atoms with Gasteiger partial charge in [0.15, 0.2) is 0 Å². The molecule has 0 radical (unpaired) electrons. The van der Waals surface area contributed by atoms with Crippen LogP contribution in [0.2, 0.25) is 5.02 Å². The molecule has 1 amide bonds. The number of anilines is 2. The lowest BCUT2D eigenvalue weighted by Gasteiger charge is -2.09. The number of nitrogens with zero attached hydrogens (tertiary/aromatic N) is 3. The molecule has 3 heterocycles. The lowest BCUT2D eigenvalue weighted by atomic mass is 10.2. The van der Waals surface area contributed by atoms with Gasteiger partial charge < -0.3 is 10.6 Å². The maximum atomic E-state index is 13.9. The van der Waals surface area contributed by atoms with Crippen LogP contribution in [-0.4, -0.2) is 27.7 Å². The molecule has 9 heteroatoms. The molecule has 136 valence electrons. The average molecular weight is 401 g/mol. The van der Waals surface area contributed by atoms with Crippen molar-refractivity contribution < 1.29 is 9.18 Å². The highest BCUT2D eigenvalue weighted by Crippen LogP contribution is 2.29. The van der Waals surface area contributed by atoms with E-state index in [2.05, 4.69) is 20.7 Å². The van der Waals surface area contributed by atoms with Crippen molar-refractivity contribution in [3.63, 3.8) is 0 Å². The van der Waals surface area contributed by atoms with Gasteiger partial charge in [0.2, 0.25) is 0 Å². The first-order valence-corrected chi connectivity index (χ1v) is 9.18. The maximum Gasteiger partial charge on any atom is 0.261 e. The first-order valence-electron chi connectivity index (χ1n) is 7.92. The Morgan fingerprint density at radius 2 is 2.15 bits per heavy atom. The summed E-state index contributed by atoms with van der Waals surface area (Å²) in [5.74, 6) is -0.153. The zero-order chi connectivity index (χ0) is 19.0. The first-order chi connectivity index (χ1) is 13.1. The normalized spacial score (nSPS) is 10.9. The molecule has 0 saturated carbocycles. The lowest BCUT2D eigenvalue weighted by molar-refractivity contribution is 0.0967. The molecule has 0 spiro atoms. The molecule has 0 saturated heterocycles. The molecule has 0 aliphatic carbocycles. The lowest BCUT2D eigenvalue weighted by Crippen LogP contribution is -2.16. The van der Waals surface area contributed by atoms with Crippen LogP contribution >= 0.6 is 22.9 Å². The summed E-state index contributed by atoms with van der Waals surface area (Å²) in [5.41, 5.74) is 1.71. The van der Waals surface area contributed by atoms with Crippen LogP contribution in [0.1, 0.15) is 9.67 Å². The van der Waals surface area contributed by atoms with Gasteiger partial charge in [-0.25, -0.2) is 14.1 Å². The predicted octanol–water partition coefficient (Wildman–Crippen LogP) is 4.38. The summed E-state index contributed by atoms with van der Waals surface area (Å²) in [6.45, 7) is 0. The molecular weight excluding hydrogens is 388 g/mol. The summed E-state index contributed by atoms with van der Waals surface area (Å²) in [6, 6.07) is 7.99. The molecule has 4 aromatic rings. The summed E-state index contributed by atoms with van der Waals surface area (Å²) < 4.78 is 15.6. The Morgan fingerprint density at radius 3 is 2.93 bits per heavy atom. The van der Waals surface area contributed by atoms with E-state index in [0.717, 1.165) is 16.6 Å². The van der Waals surface area contributed by atoms with E-state index in [4.69, 9.17) is 11.6 Å².